The summed E-state index contributed by atoms with van der Waals surface area (Å²) in [5.74, 6) is -1.93. The molecule has 0 aliphatic heterocycles. The van der Waals surface area contributed by atoms with Crippen LogP contribution >= 0.6 is 11.6 Å². The van der Waals surface area contributed by atoms with E-state index in [1.807, 2.05) is 6.07 Å². The van der Waals surface area contributed by atoms with E-state index < -0.39 is 11.8 Å². The zero-order valence-electron chi connectivity index (χ0n) is 11.1. The predicted molar refractivity (Wildman–Crippen MR) is 81.5 cm³/mol. The van der Waals surface area contributed by atoms with Crippen LogP contribution in [0.5, 0.6) is 5.75 Å². The summed E-state index contributed by atoms with van der Waals surface area (Å²) in [7, 11) is 0. The van der Waals surface area contributed by atoms with Crippen LogP contribution in [0.15, 0.2) is 42.5 Å². The Morgan fingerprint density at radius 1 is 1.09 bits per heavy atom. The highest BCUT2D eigenvalue weighted by molar-refractivity contribution is 6.44. The van der Waals surface area contributed by atoms with Gasteiger partial charge >= 0.3 is 11.8 Å². The third kappa shape index (κ3) is 3.75. The molecule has 0 heterocycles. The van der Waals surface area contributed by atoms with Crippen molar-refractivity contribution in [2.24, 2.45) is 0 Å². The number of aromatic hydroxyl groups is 1. The summed E-state index contributed by atoms with van der Waals surface area (Å²) in [6, 6.07) is 12.0. The van der Waals surface area contributed by atoms with E-state index in [1.165, 1.54) is 42.5 Å². The summed E-state index contributed by atoms with van der Waals surface area (Å²) in [5.41, 5.74) is 0.598. The Kier molecular flexibility index (Phi) is 4.61. The molecule has 0 aliphatic carbocycles. The van der Waals surface area contributed by atoms with Crippen molar-refractivity contribution < 1.29 is 14.7 Å². The second-order valence-corrected chi connectivity index (χ2v) is 4.70. The van der Waals surface area contributed by atoms with Crippen LogP contribution < -0.4 is 10.6 Å². The van der Waals surface area contributed by atoms with Gasteiger partial charge in [-0.05, 0) is 30.3 Å². The lowest BCUT2D eigenvalue weighted by Gasteiger charge is -2.08. The smallest absolute Gasteiger partial charge is 0.314 e. The normalized spacial score (nSPS) is 9.64. The molecular formula is C15H10ClN3O3. The van der Waals surface area contributed by atoms with Gasteiger partial charge in [0.15, 0.2) is 0 Å². The molecule has 2 rings (SSSR count). The lowest BCUT2D eigenvalue weighted by molar-refractivity contribution is -0.133. The van der Waals surface area contributed by atoms with Crippen LogP contribution in [-0.4, -0.2) is 16.9 Å². The summed E-state index contributed by atoms with van der Waals surface area (Å²) >= 11 is 5.79. The number of phenols is 1. The maximum absolute atomic E-state index is 11.8. The quantitative estimate of drug-likeness (QED) is 0.741. The third-order valence-electron chi connectivity index (χ3n) is 2.66. The molecule has 110 valence electrons. The van der Waals surface area contributed by atoms with Gasteiger partial charge in [-0.3, -0.25) is 9.59 Å². The molecule has 0 aromatic heterocycles. The van der Waals surface area contributed by atoms with Crippen molar-refractivity contribution >= 4 is 34.8 Å². The Morgan fingerprint density at radius 3 is 2.50 bits per heavy atom. The minimum atomic E-state index is -0.956. The summed E-state index contributed by atoms with van der Waals surface area (Å²) < 4.78 is 0. The van der Waals surface area contributed by atoms with Crippen LogP contribution in [0.4, 0.5) is 11.4 Å². The third-order valence-corrected chi connectivity index (χ3v) is 2.90. The second kappa shape index (κ2) is 6.61. The molecular weight excluding hydrogens is 306 g/mol. The highest BCUT2D eigenvalue weighted by atomic mass is 35.5. The summed E-state index contributed by atoms with van der Waals surface area (Å²) in [5, 5.41) is 23.2. The Bertz CT molecular complexity index is 784. The van der Waals surface area contributed by atoms with E-state index in [-0.39, 0.29) is 22.7 Å². The molecule has 0 saturated carbocycles. The van der Waals surface area contributed by atoms with E-state index in [2.05, 4.69) is 10.6 Å². The Hall–Kier alpha value is -3.04. The number of rotatable bonds is 2. The van der Waals surface area contributed by atoms with Crippen LogP contribution in [0.3, 0.4) is 0 Å². The van der Waals surface area contributed by atoms with Gasteiger partial charge in [0.1, 0.15) is 11.8 Å². The van der Waals surface area contributed by atoms with Gasteiger partial charge in [0.25, 0.3) is 0 Å². The summed E-state index contributed by atoms with van der Waals surface area (Å²) in [4.78, 5) is 23.6. The van der Waals surface area contributed by atoms with Crippen molar-refractivity contribution in [3.05, 3.63) is 53.1 Å². The zero-order chi connectivity index (χ0) is 16.1. The first-order valence-corrected chi connectivity index (χ1v) is 6.48. The van der Waals surface area contributed by atoms with Crippen molar-refractivity contribution in [3.63, 3.8) is 0 Å². The first kappa shape index (κ1) is 15.4. The molecule has 22 heavy (non-hydrogen) atoms. The monoisotopic (exact) mass is 315 g/mol. The Morgan fingerprint density at radius 2 is 1.82 bits per heavy atom. The fourth-order valence-electron chi connectivity index (χ4n) is 1.67. The second-order valence-electron chi connectivity index (χ2n) is 4.26. The van der Waals surface area contributed by atoms with Gasteiger partial charge in [0.2, 0.25) is 0 Å². The molecule has 6 nitrogen and oxygen atoms in total. The number of benzene rings is 2. The molecule has 0 bridgehead atoms. The van der Waals surface area contributed by atoms with Crippen LogP contribution in [-0.2, 0) is 9.59 Å². The maximum Gasteiger partial charge on any atom is 0.314 e. The molecule has 0 atom stereocenters. The first-order valence-electron chi connectivity index (χ1n) is 6.10. The number of nitrogens with one attached hydrogen (secondary N) is 2. The van der Waals surface area contributed by atoms with Gasteiger partial charge < -0.3 is 15.7 Å². The number of anilines is 2. The van der Waals surface area contributed by atoms with E-state index in [9.17, 15) is 14.7 Å². The molecule has 0 spiro atoms. The van der Waals surface area contributed by atoms with Crippen molar-refractivity contribution in [2.45, 2.75) is 0 Å². The number of carbonyl (C=O) groups excluding carboxylic acids is 2. The predicted octanol–water partition coefficient (Wildman–Crippen LogP) is 2.49. The van der Waals surface area contributed by atoms with E-state index in [1.54, 1.807) is 0 Å². The van der Waals surface area contributed by atoms with Crippen molar-refractivity contribution in [1.82, 2.24) is 0 Å². The summed E-state index contributed by atoms with van der Waals surface area (Å²) in [6.07, 6.45) is 0. The number of hydrogen-bond donors (Lipinski definition) is 3. The number of carbonyl (C=O) groups is 2. The minimum absolute atomic E-state index is 0.0418. The zero-order valence-corrected chi connectivity index (χ0v) is 11.9. The lowest BCUT2D eigenvalue weighted by Crippen LogP contribution is -2.29. The van der Waals surface area contributed by atoms with Crippen LogP contribution in [0, 0.1) is 11.3 Å². The van der Waals surface area contributed by atoms with Gasteiger partial charge in [-0.1, -0.05) is 17.7 Å². The fourth-order valence-corrected chi connectivity index (χ4v) is 1.84. The highest BCUT2D eigenvalue weighted by Crippen LogP contribution is 2.20. The maximum atomic E-state index is 11.8. The molecule has 2 aromatic rings. The van der Waals surface area contributed by atoms with Gasteiger partial charge in [-0.15, -0.1) is 0 Å². The van der Waals surface area contributed by atoms with Gasteiger partial charge in [0, 0.05) is 16.8 Å². The molecule has 7 heteroatoms. The molecule has 0 radical (unpaired) electrons. The van der Waals surface area contributed by atoms with Crippen molar-refractivity contribution in [1.29, 1.82) is 5.26 Å². The number of phenolic OH excluding ortho intramolecular Hbond substituents is 1. The van der Waals surface area contributed by atoms with E-state index in [0.29, 0.717) is 5.02 Å². The van der Waals surface area contributed by atoms with E-state index in [0.717, 1.165) is 0 Å². The molecule has 0 aliphatic rings. The largest absolute Gasteiger partial charge is 0.508 e. The van der Waals surface area contributed by atoms with Crippen LogP contribution in [0.25, 0.3) is 0 Å². The van der Waals surface area contributed by atoms with Crippen molar-refractivity contribution in [3.8, 4) is 11.8 Å². The highest BCUT2D eigenvalue weighted by Gasteiger charge is 2.16. The lowest BCUT2D eigenvalue weighted by atomic mass is 10.2. The number of halogens is 1. The first-order chi connectivity index (χ1) is 10.5. The fraction of sp³-hybridized carbons (Fsp3) is 0. The average molecular weight is 316 g/mol. The average Bonchev–Trinajstić information content (AvgIpc) is 2.47. The molecule has 2 amide bonds. The SMILES string of the molecule is N#Cc1ccc(Cl)cc1NC(=O)C(=O)Nc1cccc(O)c1. The molecule has 0 fully saturated rings. The number of amides is 2. The Balaban J connectivity index is 2.11. The minimum Gasteiger partial charge on any atom is -0.508 e. The topological polar surface area (TPSA) is 102 Å². The van der Waals surface area contributed by atoms with Crippen molar-refractivity contribution in [2.75, 3.05) is 10.6 Å². The number of nitrogens with zero attached hydrogens (tertiary/aromatic N) is 1. The molecule has 0 saturated heterocycles. The van der Waals surface area contributed by atoms with Gasteiger partial charge in [-0.2, -0.15) is 5.26 Å². The standard InChI is InChI=1S/C15H10ClN3O3/c16-10-5-4-9(8-17)13(6-10)19-15(22)14(21)18-11-2-1-3-12(20)7-11/h1-7,20H,(H,18,21)(H,19,22). The molecule has 0 unspecified atom stereocenters. The molecule has 3 N–H and O–H groups in total. The van der Waals surface area contributed by atoms with Crippen LogP contribution in [0.1, 0.15) is 5.56 Å². The van der Waals surface area contributed by atoms with Gasteiger partial charge in [0.05, 0.1) is 11.3 Å². The Labute approximate surface area is 130 Å². The van der Waals surface area contributed by atoms with Crippen LogP contribution in [0.2, 0.25) is 5.02 Å². The number of hydrogen-bond acceptors (Lipinski definition) is 4. The molecule has 2 aromatic carbocycles. The summed E-state index contributed by atoms with van der Waals surface area (Å²) in [6.45, 7) is 0. The van der Waals surface area contributed by atoms with E-state index in [4.69, 9.17) is 16.9 Å². The van der Waals surface area contributed by atoms with E-state index >= 15 is 0 Å². The number of nitriles is 1. The van der Waals surface area contributed by atoms with Gasteiger partial charge in [-0.25, -0.2) is 0 Å².